The molecule has 1 N–H and O–H groups in total. The molecule has 1 fully saturated rings. The maximum atomic E-state index is 13.3. The summed E-state index contributed by atoms with van der Waals surface area (Å²) < 4.78 is 0. The number of piperazine rings is 1. The maximum absolute atomic E-state index is 13.3. The second-order valence-electron chi connectivity index (χ2n) is 7.72. The SMILES string of the molecule is O=C(N/C(=C\c1cccnc1)C(=O)N1CCN(Cc2ccccc2)CC1)c1ccccc1. The van der Waals surface area contributed by atoms with Gasteiger partial charge in [-0.2, -0.15) is 0 Å². The van der Waals surface area contributed by atoms with Crippen molar-refractivity contribution in [2.45, 2.75) is 6.54 Å². The molecule has 2 heterocycles. The number of hydrogen-bond donors (Lipinski definition) is 1. The number of rotatable bonds is 6. The smallest absolute Gasteiger partial charge is 0.270 e. The topological polar surface area (TPSA) is 65.5 Å². The number of nitrogens with zero attached hydrogens (tertiary/aromatic N) is 3. The van der Waals surface area contributed by atoms with E-state index in [2.05, 4.69) is 27.3 Å². The van der Waals surface area contributed by atoms with Crippen LogP contribution in [0.4, 0.5) is 0 Å². The molecule has 1 aromatic heterocycles. The molecule has 0 unspecified atom stereocenters. The van der Waals surface area contributed by atoms with Gasteiger partial charge in [0.25, 0.3) is 11.8 Å². The summed E-state index contributed by atoms with van der Waals surface area (Å²) in [5, 5.41) is 2.82. The molecule has 2 amide bonds. The van der Waals surface area contributed by atoms with Crippen LogP contribution < -0.4 is 5.32 Å². The van der Waals surface area contributed by atoms with E-state index in [4.69, 9.17) is 0 Å². The average molecular weight is 427 g/mol. The summed E-state index contributed by atoms with van der Waals surface area (Å²) in [4.78, 5) is 34.3. The molecule has 0 bridgehead atoms. The lowest BCUT2D eigenvalue weighted by Gasteiger charge is -2.35. The van der Waals surface area contributed by atoms with Gasteiger partial charge in [0.2, 0.25) is 0 Å². The molecule has 0 atom stereocenters. The Morgan fingerprint density at radius 3 is 2.22 bits per heavy atom. The Hall–Kier alpha value is -3.77. The van der Waals surface area contributed by atoms with Crippen molar-refractivity contribution in [1.29, 1.82) is 0 Å². The quantitative estimate of drug-likeness (QED) is 0.615. The number of carbonyl (C=O) groups is 2. The number of pyridine rings is 1. The van der Waals surface area contributed by atoms with E-state index in [1.807, 2.05) is 30.3 Å². The summed E-state index contributed by atoms with van der Waals surface area (Å²) in [5.74, 6) is -0.491. The minimum atomic E-state index is -0.309. The fourth-order valence-electron chi connectivity index (χ4n) is 3.68. The van der Waals surface area contributed by atoms with Gasteiger partial charge in [0.05, 0.1) is 0 Å². The zero-order valence-corrected chi connectivity index (χ0v) is 17.9. The molecule has 0 radical (unpaired) electrons. The molecule has 4 rings (SSSR count). The molecular formula is C26H26N4O2. The van der Waals surface area contributed by atoms with Gasteiger partial charge >= 0.3 is 0 Å². The fourth-order valence-corrected chi connectivity index (χ4v) is 3.68. The van der Waals surface area contributed by atoms with E-state index in [0.717, 1.165) is 25.2 Å². The molecule has 32 heavy (non-hydrogen) atoms. The first kappa shape index (κ1) is 21.5. The molecule has 0 aliphatic carbocycles. The molecule has 162 valence electrons. The Balaban J connectivity index is 1.45. The minimum absolute atomic E-state index is 0.183. The second-order valence-corrected chi connectivity index (χ2v) is 7.72. The summed E-state index contributed by atoms with van der Waals surface area (Å²) in [6, 6.07) is 22.9. The summed E-state index contributed by atoms with van der Waals surface area (Å²) in [5.41, 5.74) is 2.78. The molecule has 0 spiro atoms. The van der Waals surface area contributed by atoms with Gasteiger partial charge in [0.1, 0.15) is 5.70 Å². The highest BCUT2D eigenvalue weighted by atomic mass is 16.2. The zero-order valence-electron chi connectivity index (χ0n) is 17.9. The van der Waals surface area contributed by atoms with Gasteiger partial charge in [-0.15, -0.1) is 0 Å². The van der Waals surface area contributed by atoms with Gasteiger partial charge < -0.3 is 10.2 Å². The third-order valence-corrected chi connectivity index (χ3v) is 5.42. The van der Waals surface area contributed by atoms with E-state index in [1.165, 1.54) is 5.56 Å². The van der Waals surface area contributed by atoms with Gasteiger partial charge in [-0.3, -0.25) is 19.5 Å². The average Bonchev–Trinajstić information content (AvgIpc) is 2.85. The van der Waals surface area contributed by atoms with Crippen molar-refractivity contribution < 1.29 is 9.59 Å². The Bertz CT molecular complexity index is 1060. The zero-order chi connectivity index (χ0) is 22.2. The van der Waals surface area contributed by atoms with E-state index in [-0.39, 0.29) is 17.5 Å². The number of carbonyl (C=O) groups excluding carboxylic acids is 2. The first-order valence-corrected chi connectivity index (χ1v) is 10.7. The summed E-state index contributed by atoms with van der Waals surface area (Å²) in [7, 11) is 0. The van der Waals surface area contributed by atoms with Crippen LogP contribution in [0.25, 0.3) is 6.08 Å². The molecule has 1 aliphatic rings. The largest absolute Gasteiger partial charge is 0.335 e. The molecular weight excluding hydrogens is 400 g/mol. The van der Waals surface area contributed by atoms with Crippen LogP contribution >= 0.6 is 0 Å². The van der Waals surface area contributed by atoms with Crippen LogP contribution in [-0.2, 0) is 11.3 Å². The Kier molecular flexibility index (Phi) is 7.05. The van der Waals surface area contributed by atoms with E-state index < -0.39 is 0 Å². The van der Waals surface area contributed by atoms with E-state index in [0.29, 0.717) is 18.7 Å². The van der Waals surface area contributed by atoms with Crippen molar-refractivity contribution >= 4 is 17.9 Å². The summed E-state index contributed by atoms with van der Waals surface area (Å²) in [6.45, 7) is 3.65. The van der Waals surface area contributed by atoms with Crippen LogP contribution in [0.1, 0.15) is 21.5 Å². The molecule has 1 aliphatic heterocycles. The number of hydrogen-bond acceptors (Lipinski definition) is 4. The first-order chi connectivity index (χ1) is 15.7. The van der Waals surface area contributed by atoms with Crippen molar-refractivity contribution in [3.63, 3.8) is 0 Å². The van der Waals surface area contributed by atoms with Crippen molar-refractivity contribution in [3.05, 3.63) is 108 Å². The maximum Gasteiger partial charge on any atom is 0.270 e. The van der Waals surface area contributed by atoms with Gasteiger partial charge in [0.15, 0.2) is 0 Å². The fraction of sp³-hybridized carbons (Fsp3) is 0.192. The van der Waals surface area contributed by atoms with Crippen LogP contribution in [0.15, 0.2) is 90.9 Å². The Labute approximate surface area is 188 Å². The van der Waals surface area contributed by atoms with Crippen LogP contribution in [0.3, 0.4) is 0 Å². The number of nitrogens with one attached hydrogen (secondary N) is 1. The van der Waals surface area contributed by atoms with Crippen LogP contribution in [-0.4, -0.2) is 52.8 Å². The van der Waals surface area contributed by atoms with Crippen molar-refractivity contribution in [3.8, 4) is 0 Å². The minimum Gasteiger partial charge on any atom is -0.335 e. The highest BCUT2D eigenvalue weighted by Crippen LogP contribution is 2.13. The van der Waals surface area contributed by atoms with Crippen LogP contribution in [0, 0.1) is 0 Å². The Morgan fingerprint density at radius 2 is 1.56 bits per heavy atom. The van der Waals surface area contributed by atoms with E-state index >= 15 is 0 Å². The second kappa shape index (κ2) is 10.5. The molecule has 2 aromatic carbocycles. The monoisotopic (exact) mass is 426 g/mol. The van der Waals surface area contributed by atoms with E-state index in [1.54, 1.807) is 53.7 Å². The predicted octanol–water partition coefficient (Wildman–Crippen LogP) is 3.20. The van der Waals surface area contributed by atoms with Crippen molar-refractivity contribution in [1.82, 2.24) is 20.1 Å². The van der Waals surface area contributed by atoms with Gasteiger partial charge in [0, 0.05) is 50.7 Å². The van der Waals surface area contributed by atoms with Gasteiger partial charge in [-0.1, -0.05) is 54.6 Å². The molecule has 6 nitrogen and oxygen atoms in total. The van der Waals surface area contributed by atoms with E-state index in [9.17, 15) is 9.59 Å². The van der Waals surface area contributed by atoms with Gasteiger partial charge in [-0.25, -0.2) is 0 Å². The lowest BCUT2D eigenvalue weighted by atomic mass is 10.1. The Morgan fingerprint density at radius 1 is 0.875 bits per heavy atom. The molecule has 6 heteroatoms. The third-order valence-electron chi connectivity index (χ3n) is 5.42. The predicted molar refractivity (Wildman–Crippen MR) is 124 cm³/mol. The van der Waals surface area contributed by atoms with Crippen molar-refractivity contribution in [2.75, 3.05) is 26.2 Å². The molecule has 0 saturated carbocycles. The number of amides is 2. The number of aromatic nitrogens is 1. The van der Waals surface area contributed by atoms with Crippen molar-refractivity contribution in [2.24, 2.45) is 0 Å². The number of benzene rings is 2. The standard InChI is InChI=1S/C26H26N4O2/c31-25(23-11-5-2-6-12-23)28-24(18-22-10-7-13-27-19-22)26(32)30-16-14-29(15-17-30)20-21-8-3-1-4-9-21/h1-13,18-19H,14-17,20H2,(H,28,31)/b24-18-. The molecule has 3 aromatic rings. The highest BCUT2D eigenvalue weighted by Gasteiger charge is 2.25. The van der Waals surface area contributed by atoms with Crippen LogP contribution in [0.5, 0.6) is 0 Å². The van der Waals surface area contributed by atoms with Gasteiger partial charge in [-0.05, 0) is 35.4 Å². The molecule has 1 saturated heterocycles. The summed E-state index contributed by atoms with van der Waals surface area (Å²) >= 11 is 0. The highest BCUT2D eigenvalue weighted by molar-refractivity contribution is 6.05. The lowest BCUT2D eigenvalue weighted by Crippen LogP contribution is -2.50. The lowest BCUT2D eigenvalue weighted by molar-refractivity contribution is -0.129. The summed E-state index contributed by atoms with van der Waals surface area (Å²) in [6.07, 6.45) is 5.03. The first-order valence-electron chi connectivity index (χ1n) is 10.7. The normalized spacial score (nSPS) is 14.8. The third kappa shape index (κ3) is 5.68. The van der Waals surface area contributed by atoms with Crippen LogP contribution in [0.2, 0.25) is 0 Å².